The molecule has 2 nitrogen and oxygen atoms in total. The van der Waals surface area contributed by atoms with Gasteiger partial charge in [0.25, 0.3) is 0 Å². The summed E-state index contributed by atoms with van der Waals surface area (Å²) in [5.74, 6) is 6.67. The molecule has 1 unspecified atom stereocenters. The first-order valence-corrected chi connectivity index (χ1v) is 6.18. The van der Waals surface area contributed by atoms with Crippen molar-refractivity contribution in [2.24, 2.45) is 0 Å². The zero-order chi connectivity index (χ0) is 12.5. The number of aliphatic hydroxyl groups excluding tert-OH is 1. The zero-order valence-corrected chi connectivity index (χ0v) is 10.6. The second-order valence-corrected chi connectivity index (χ2v) is 3.88. The fourth-order valence-electron chi connectivity index (χ4n) is 1.44. The molecular weight excluding hydrogens is 212 g/mol. The summed E-state index contributed by atoms with van der Waals surface area (Å²) in [6.45, 7) is 4.73. The quantitative estimate of drug-likeness (QED) is 0.791. The molecule has 0 bridgehead atoms. The van der Waals surface area contributed by atoms with Crippen LogP contribution in [0.15, 0.2) is 24.3 Å². The molecule has 0 aliphatic heterocycles. The lowest BCUT2D eigenvalue weighted by Crippen LogP contribution is -2.01. The van der Waals surface area contributed by atoms with Crippen LogP contribution in [-0.2, 0) is 0 Å². The van der Waals surface area contributed by atoms with Crippen LogP contribution in [0, 0.1) is 11.8 Å². The normalized spacial score (nSPS) is 11.5. The average Bonchev–Trinajstić information content (AvgIpc) is 2.36. The van der Waals surface area contributed by atoms with E-state index < -0.39 is 6.10 Å². The SMILES string of the molecule is CCCCC(O)C#Cc1ccc(OCC)cc1. The van der Waals surface area contributed by atoms with E-state index in [1.807, 2.05) is 31.2 Å². The van der Waals surface area contributed by atoms with Gasteiger partial charge in [0, 0.05) is 5.56 Å². The molecule has 0 amide bonds. The molecule has 0 heterocycles. The van der Waals surface area contributed by atoms with Gasteiger partial charge < -0.3 is 9.84 Å². The Hall–Kier alpha value is -1.46. The minimum atomic E-state index is -0.512. The van der Waals surface area contributed by atoms with E-state index in [1.165, 1.54) is 0 Å². The molecule has 92 valence electrons. The summed E-state index contributed by atoms with van der Waals surface area (Å²) in [7, 11) is 0. The van der Waals surface area contributed by atoms with Crippen molar-refractivity contribution in [3.8, 4) is 17.6 Å². The third-order valence-corrected chi connectivity index (χ3v) is 2.38. The Morgan fingerprint density at radius 2 is 1.94 bits per heavy atom. The van der Waals surface area contributed by atoms with Crippen molar-refractivity contribution >= 4 is 0 Å². The first-order valence-electron chi connectivity index (χ1n) is 6.18. The van der Waals surface area contributed by atoms with Gasteiger partial charge in [-0.3, -0.25) is 0 Å². The van der Waals surface area contributed by atoms with Crippen LogP contribution in [0.1, 0.15) is 38.7 Å². The van der Waals surface area contributed by atoms with Crippen molar-refractivity contribution in [3.63, 3.8) is 0 Å². The van der Waals surface area contributed by atoms with Gasteiger partial charge in [-0.25, -0.2) is 0 Å². The maximum Gasteiger partial charge on any atom is 0.119 e. The summed E-state index contributed by atoms with van der Waals surface area (Å²) >= 11 is 0. The monoisotopic (exact) mass is 232 g/mol. The minimum absolute atomic E-state index is 0.512. The molecule has 1 atom stereocenters. The molecule has 0 spiro atoms. The second kappa shape index (κ2) is 7.76. The lowest BCUT2D eigenvalue weighted by Gasteiger charge is -2.02. The predicted molar refractivity (Wildman–Crippen MR) is 70.0 cm³/mol. The Morgan fingerprint density at radius 1 is 1.24 bits per heavy atom. The molecule has 0 saturated heterocycles. The van der Waals surface area contributed by atoms with E-state index in [4.69, 9.17) is 4.74 Å². The van der Waals surface area contributed by atoms with Crippen molar-refractivity contribution < 1.29 is 9.84 Å². The molecule has 0 aromatic heterocycles. The molecular formula is C15H20O2. The zero-order valence-electron chi connectivity index (χ0n) is 10.6. The molecule has 0 aliphatic rings. The van der Waals surface area contributed by atoms with E-state index >= 15 is 0 Å². The van der Waals surface area contributed by atoms with Gasteiger partial charge >= 0.3 is 0 Å². The number of aliphatic hydroxyl groups is 1. The fourth-order valence-corrected chi connectivity index (χ4v) is 1.44. The van der Waals surface area contributed by atoms with E-state index in [-0.39, 0.29) is 0 Å². The highest BCUT2D eigenvalue weighted by molar-refractivity contribution is 5.38. The van der Waals surface area contributed by atoms with Gasteiger partial charge in [0.15, 0.2) is 0 Å². The van der Waals surface area contributed by atoms with Gasteiger partial charge in [0.1, 0.15) is 11.9 Å². The molecule has 2 heteroatoms. The number of ether oxygens (including phenoxy) is 1. The largest absolute Gasteiger partial charge is 0.494 e. The molecule has 0 saturated carbocycles. The van der Waals surface area contributed by atoms with Gasteiger partial charge in [0.2, 0.25) is 0 Å². The predicted octanol–water partition coefficient (Wildman–Crippen LogP) is 2.99. The van der Waals surface area contributed by atoms with Crippen LogP contribution in [0.3, 0.4) is 0 Å². The maximum absolute atomic E-state index is 9.58. The third kappa shape index (κ3) is 5.42. The van der Waals surface area contributed by atoms with Crippen molar-refractivity contribution in [2.45, 2.75) is 39.2 Å². The standard InChI is InChI=1S/C15H20O2/c1-3-5-6-14(16)10-7-13-8-11-15(12-9-13)17-4-2/h8-9,11-12,14,16H,3-6H2,1-2H3. The van der Waals surface area contributed by atoms with Crippen LogP contribution >= 0.6 is 0 Å². The topological polar surface area (TPSA) is 29.5 Å². The molecule has 1 rings (SSSR count). The lowest BCUT2D eigenvalue weighted by atomic mass is 10.1. The number of hydrogen-bond donors (Lipinski definition) is 1. The summed E-state index contributed by atoms with van der Waals surface area (Å²) in [6, 6.07) is 7.60. The summed E-state index contributed by atoms with van der Waals surface area (Å²) in [5.41, 5.74) is 0.906. The lowest BCUT2D eigenvalue weighted by molar-refractivity contribution is 0.218. The van der Waals surface area contributed by atoms with Crippen molar-refractivity contribution in [3.05, 3.63) is 29.8 Å². The molecule has 0 radical (unpaired) electrons. The van der Waals surface area contributed by atoms with Crippen LogP contribution in [0.25, 0.3) is 0 Å². The van der Waals surface area contributed by atoms with E-state index in [1.54, 1.807) is 0 Å². The van der Waals surface area contributed by atoms with Gasteiger partial charge in [-0.15, -0.1) is 0 Å². The van der Waals surface area contributed by atoms with E-state index in [0.29, 0.717) is 6.61 Å². The first kappa shape index (κ1) is 13.6. The third-order valence-electron chi connectivity index (χ3n) is 2.38. The average molecular weight is 232 g/mol. The molecule has 0 aliphatic carbocycles. The Bertz CT molecular complexity index is 370. The van der Waals surface area contributed by atoms with Crippen LogP contribution < -0.4 is 4.74 Å². The van der Waals surface area contributed by atoms with Crippen molar-refractivity contribution in [1.29, 1.82) is 0 Å². The highest BCUT2D eigenvalue weighted by Gasteiger charge is 1.97. The maximum atomic E-state index is 9.58. The minimum Gasteiger partial charge on any atom is -0.494 e. The number of rotatable bonds is 5. The van der Waals surface area contributed by atoms with Crippen LogP contribution in [0.2, 0.25) is 0 Å². The number of benzene rings is 1. The molecule has 1 aromatic rings. The Labute approximate surface area is 104 Å². The van der Waals surface area contributed by atoms with Gasteiger partial charge in [-0.2, -0.15) is 0 Å². The Kier molecular flexibility index (Phi) is 6.21. The highest BCUT2D eigenvalue weighted by atomic mass is 16.5. The molecule has 1 aromatic carbocycles. The van der Waals surface area contributed by atoms with Gasteiger partial charge in [-0.1, -0.05) is 31.6 Å². The number of hydrogen-bond acceptors (Lipinski definition) is 2. The Balaban J connectivity index is 2.53. The Morgan fingerprint density at radius 3 is 2.53 bits per heavy atom. The fraction of sp³-hybridized carbons (Fsp3) is 0.467. The summed E-state index contributed by atoms with van der Waals surface area (Å²) in [5, 5.41) is 9.58. The highest BCUT2D eigenvalue weighted by Crippen LogP contribution is 2.11. The molecule has 0 fully saturated rings. The van der Waals surface area contributed by atoms with Gasteiger partial charge in [0.05, 0.1) is 6.61 Å². The summed E-state index contributed by atoms with van der Waals surface area (Å²) < 4.78 is 5.34. The summed E-state index contributed by atoms with van der Waals surface area (Å²) in [6.07, 6.45) is 2.34. The first-order chi connectivity index (χ1) is 8.26. The van der Waals surface area contributed by atoms with Crippen LogP contribution in [0.5, 0.6) is 5.75 Å². The van der Waals surface area contributed by atoms with E-state index in [9.17, 15) is 5.11 Å². The smallest absolute Gasteiger partial charge is 0.119 e. The summed E-state index contributed by atoms with van der Waals surface area (Å²) in [4.78, 5) is 0. The van der Waals surface area contributed by atoms with Crippen molar-refractivity contribution in [2.75, 3.05) is 6.61 Å². The van der Waals surface area contributed by atoms with E-state index in [0.717, 1.165) is 30.6 Å². The number of unbranched alkanes of at least 4 members (excludes halogenated alkanes) is 1. The van der Waals surface area contributed by atoms with Gasteiger partial charge in [-0.05, 0) is 37.6 Å². The molecule has 17 heavy (non-hydrogen) atoms. The molecule has 1 N–H and O–H groups in total. The second-order valence-electron chi connectivity index (χ2n) is 3.88. The van der Waals surface area contributed by atoms with E-state index in [2.05, 4.69) is 18.8 Å². The van der Waals surface area contributed by atoms with Crippen molar-refractivity contribution in [1.82, 2.24) is 0 Å². The van der Waals surface area contributed by atoms with Crippen LogP contribution in [-0.4, -0.2) is 17.8 Å². The van der Waals surface area contributed by atoms with Crippen LogP contribution in [0.4, 0.5) is 0 Å².